The Bertz CT molecular complexity index is 2090. The molecule has 0 radical (unpaired) electrons. The zero-order valence-corrected chi connectivity index (χ0v) is 21.8. The van der Waals surface area contributed by atoms with Crippen LogP contribution in [0.1, 0.15) is 5.56 Å². The van der Waals surface area contributed by atoms with Gasteiger partial charge in [-0.05, 0) is 84.6 Å². The highest BCUT2D eigenvalue weighted by molar-refractivity contribution is 7.99. The number of rotatable bonds is 2. The van der Waals surface area contributed by atoms with Gasteiger partial charge >= 0.3 is 0 Å². The minimum absolute atomic E-state index is 0.673. The monoisotopic (exact) mass is 511 g/mol. The molecule has 7 aromatic carbocycles. The Morgan fingerprint density at radius 2 is 1.03 bits per heavy atom. The van der Waals surface area contributed by atoms with Gasteiger partial charge in [0.15, 0.2) is 0 Å². The van der Waals surface area contributed by atoms with E-state index in [0.29, 0.717) is 5.56 Å². The van der Waals surface area contributed by atoms with Gasteiger partial charge in [0.2, 0.25) is 0 Å². The number of nitriles is 1. The number of benzene rings is 7. The highest BCUT2D eigenvalue weighted by atomic mass is 32.2. The average Bonchev–Trinajstić information content (AvgIpc) is 3.00. The van der Waals surface area contributed by atoms with Crippen LogP contribution in [-0.4, -0.2) is 0 Å². The van der Waals surface area contributed by atoms with E-state index in [1.165, 1.54) is 69.9 Å². The lowest BCUT2D eigenvalue weighted by atomic mass is 9.84. The number of hydrogen-bond donors (Lipinski definition) is 0. The van der Waals surface area contributed by atoms with Crippen LogP contribution < -0.4 is 0 Å². The van der Waals surface area contributed by atoms with Crippen molar-refractivity contribution in [1.29, 1.82) is 5.26 Å². The predicted octanol–water partition coefficient (Wildman–Crippen LogP) is 10.5. The van der Waals surface area contributed by atoms with Crippen LogP contribution in [-0.2, 0) is 0 Å². The molecule has 8 rings (SSSR count). The molecule has 1 aliphatic heterocycles. The van der Waals surface area contributed by atoms with Gasteiger partial charge in [-0.1, -0.05) is 115 Å². The molecule has 0 unspecified atom stereocenters. The first-order valence-corrected chi connectivity index (χ1v) is 13.9. The molecular weight excluding hydrogens is 490 g/mol. The molecule has 1 aliphatic rings. The molecule has 0 spiro atoms. The first-order valence-electron chi connectivity index (χ1n) is 13.1. The second-order valence-electron chi connectivity index (χ2n) is 9.97. The van der Waals surface area contributed by atoms with Crippen molar-refractivity contribution in [3.8, 4) is 39.4 Å². The Hall–Kier alpha value is -4.84. The van der Waals surface area contributed by atoms with E-state index in [1.54, 1.807) is 0 Å². The highest BCUT2D eigenvalue weighted by Gasteiger charge is 2.23. The molecule has 1 heterocycles. The van der Waals surface area contributed by atoms with E-state index in [-0.39, 0.29) is 0 Å². The van der Waals surface area contributed by atoms with Crippen molar-refractivity contribution in [3.05, 3.63) is 133 Å². The maximum Gasteiger partial charge on any atom is 0.0991 e. The van der Waals surface area contributed by atoms with E-state index in [4.69, 9.17) is 0 Å². The molecule has 180 valence electrons. The molecule has 0 aliphatic carbocycles. The molecule has 0 bridgehead atoms. The summed E-state index contributed by atoms with van der Waals surface area (Å²) in [6.07, 6.45) is 0. The minimum Gasteiger partial charge on any atom is -0.192 e. The summed E-state index contributed by atoms with van der Waals surface area (Å²) < 4.78 is 0. The summed E-state index contributed by atoms with van der Waals surface area (Å²) in [6, 6.07) is 47.8. The van der Waals surface area contributed by atoms with Gasteiger partial charge in [-0.25, -0.2) is 0 Å². The van der Waals surface area contributed by atoms with Crippen LogP contribution in [0, 0.1) is 11.3 Å². The van der Waals surface area contributed by atoms with E-state index >= 15 is 0 Å². The van der Waals surface area contributed by atoms with E-state index in [1.807, 2.05) is 23.9 Å². The van der Waals surface area contributed by atoms with Gasteiger partial charge in [-0.15, -0.1) is 0 Å². The second-order valence-corrected chi connectivity index (χ2v) is 11.1. The number of fused-ring (bicyclic) bond motifs is 4. The Balaban J connectivity index is 1.50. The highest BCUT2D eigenvalue weighted by Crippen LogP contribution is 2.51. The van der Waals surface area contributed by atoms with Gasteiger partial charge in [0.05, 0.1) is 11.6 Å². The maximum atomic E-state index is 9.36. The Morgan fingerprint density at radius 3 is 1.72 bits per heavy atom. The molecule has 0 saturated carbocycles. The largest absolute Gasteiger partial charge is 0.192 e. The molecule has 0 amide bonds. The summed E-state index contributed by atoms with van der Waals surface area (Å²) in [7, 11) is 0. The van der Waals surface area contributed by atoms with Crippen LogP contribution in [0.2, 0.25) is 0 Å². The fraction of sp³-hybridized carbons (Fsp3) is 0. The summed E-state index contributed by atoms with van der Waals surface area (Å²) in [6.45, 7) is 0. The second kappa shape index (κ2) is 8.60. The SMILES string of the molecule is N#Cc1ccc(-c2c3ccccc3c(-c3ccc4c5c(cccc35)-c3ccccc3S4)c3ccccc23)cc1. The van der Waals surface area contributed by atoms with Crippen LogP contribution >= 0.6 is 11.8 Å². The Morgan fingerprint density at radius 1 is 0.436 bits per heavy atom. The lowest BCUT2D eigenvalue weighted by Crippen LogP contribution is -1.95. The van der Waals surface area contributed by atoms with Crippen LogP contribution in [0.25, 0.3) is 65.7 Å². The van der Waals surface area contributed by atoms with Crippen molar-refractivity contribution in [2.45, 2.75) is 9.79 Å². The summed E-state index contributed by atoms with van der Waals surface area (Å²) in [4.78, 5) is 2.62. The van der Waals surface area contributed by atoms with E-state index in [0.717, 1.165) is 5.56 Å². The molecule has 0 saturated heterocycles. The van der Waals surface area contributed by atoms with Gasteiger partial charge in [0, 0.05) is 15.2 Å². The third kappa shape index (κ3) is 3.27. The standard InChI is InChI=1S/C37H21NS/c38-22-23-16-18-24(19-17-23)35-27-9-1-3-11-29(27)36(30-12-4-2-10-28(30)35)32-20-21-34-37-26(13-7-14-31(32)37)25-8-5-6-15-33(25)39-34/h1-21H. The minimum atomic E-state index is 0.673. The fourth-order valence-corrected chi connectivity index (χ4v) is 7.37. The third-order valence-electron chi connectivity index (χ3n) is 7.90. The molecular formula is C37H21NS. The summed E-state index contributed by atoms with van der Waals surface area (Å²) >= 11 is 1.87. The van der Waals surface area contributed by atoms with Crippen molar-refractivity contribution < 1.29 is 0 Å². The van der Waals surface area contributed by atoms with Gasteiger partial charge in [-0.3, -0.25) is 0 Å². The first-order chi connectivity index (χ1) is 19.3. The Kier molecular flexibility index (Phi) is 4.89. The van der Waals surface area contributed by atoms with Crippen LogP contribution in [0.4, 0.5) is 0 Å². The van der Waals surface area contributed by atoms with E-state index in [9.17, 15) is 5.26 Å². The maximum absolute atomic E-state index is 9.36. The molecule has 0 N–H and O–H groups in total. The molecule has 0 fully saturated rings. The van der Waals surface area contributed by atoms with Crippen LogP contribution in [0.5, 0.6) is 0 Å². The van der Waals surface area contributed by atoms with Gasteiger partial charge < -0.3 is 0 Å². The zero-order valence-electron chi connectivity index (χ0n) is 21.0. The lowest BCUT2D eigenvalue weighted by molar-refractivity contribution is 1.40. The third-order valence-corrected chi connectivity index (χ3v) is 9.04. The predicted molar refractivity (Wildman–Crippen MR) is 164 cm³/mol. The lowest BCUT2D eigenvalue weighted by Gasteiger charge is -2.23. The molecule has 0 aromatic heterocycles. The van der Waals surface area contributed by atoms with Gasteiger partial charge in [-0.2, -0.15) is 5.26 Å². The van der Waals surface area contributed by atoms with Crippen molar-refractivity contribution in [3.63, 3.8) is 0 Å². The topological polar surface area (TPSA) is 23.8 Å². The van der Waals surface area contributed by atoms with Crippen molar-refractivity contribution >= 4 is 44.1 Å². The smallest absolute Gasteiger partial charge is 0.0991 e. The number of hydrogen-bond acceptors (Lipinski definition) is 2. The molecule has 2 heteroatoms. The molecule has 7 aromatic rings. The van der Waals surface area contributed by atoms with Crippen molar-refractivity contribution in [2.24, 2.45) is 0 Å². The molecule has 0 atom stereocenters. The van der Waals surface area contributed by atoms with E-state index < -0.39 is 0 Å². The normalized spacial score (nSPS) is 12.0. The molecule has 1 nitrogen and oxygen atoms in total. The molecule has 39 heavy (non-hydrogen) atoms. The fourth-order valence-electron chi connectivity index (χ4n) is 6.24. The van der Waals surface area contributed by atoms with Crippen LogP contribution in [0.3, 0.4) is 0 Å². The van der Waals surface area contributed by atoms with Gasteiger partial charge in [0.1, 0.15) is 0 Å². The number of nitrogens with zero attached hydrogens (tertiary/aromatic N) is 1. The quantitative estimate of drug-likeness (QED) is 0.216. The summed E-state index contributed by atoms with van der Waals surface area (Å²) in [5.41, 5.74) is 8.15. The first kappa shape index (κ1) is 22.2. The zero-order chi connectivity index (χ0) is 25.9. The van der Waals surface area contributed by atoms with E-state index in [2.05, 4.69) is 121 Å². The van der Waals surface area contributed by atoms with Crippen molar-refractivity contribution in [2.75, 3.05) is 0 Å². The van der Waals surface area contributed by atoms with Gasteiger partial charge in [0.25, 0.3) is 0 Å². The van der Waals surface area contributed by atoms with Crippen LogP contribution in [0.15, 0.2) is 137 Å². The van der Waals surface area contributed by atoms with Crippen molar-refractivity contribution in [1.82, 2.24) is 0 Å². The average molecular weight is 512 g/mol. The summed E-state index contributed by atoms with van der Waals surface area (Å²) in [5.74, 6) is 0. The Labute approximate surface area is 231 Å². The summed E-state index contributed by atoms with van der Waals surface area (Å²) in [5, 5.41) is 16.9.